The summed E-state index contributed by atoms with van der Waals surface area (Å²) in [5.41, 5.74) is 7.49. The van der Waals surface area contributed by atoms with E-state index >= 15 is 0 Å². The number of para-hydroxylation sites is 1. The van der Waals surface area contributed by atoms with Crippen molar-refractivity contribution in [3.8, 4) is 0 Å². The molecule has 0 bridgehead atoms. The Morgan fingerprint density at radius 1 is 0.929 bits per heavy atom. The molecule has 4 heterocycles. The predicted octanol–water partition coefficient (Wildman–Crippen LogP) is 5.73. The quantitative estimate of drug-likeness (QED) is 0.187. The van der Waals surface area contributed by atoms with E-state index in [1.807, 2.05) is 6.33 Å². The fourth-order valence-electron chi connectivity index (χ4n) is 5.02. The van der Waals surface area contributed by atoms with Crippen LogP contribution in [0.4, 0.5) is 0 Å². The average Bonchev–Trinajstić information content (AvgIpc) is 3.31. The Hall–Kier alpha value is -3.24. The third kappa shape index (κ3) is 1.54. The van der Waals surface area contributed by atoms with Gasteiger partial charge < -0.3 is 4.40 Å². The Balaban J connectivity index is 2.06. The van der Waals surface area contributed by atoms with Crippen molar-refractivity contribution in [1.29, 1.82) is 0 Å². The highest BCUT2D eigenvalue weighted by atomic mass is 32.1. The third-order valence-corrected chi connectivity index (χ3v) is 7.04. The number of fused-ring (bicyclic) bond motifs is 7. The minimum Gasteiger partial charge on any atom is -0.307 e. The monoisotopic (exact) mass is 378 g/mol. The molecule has 4 heteroatoms. The first-order valence-electron chi connectivity index (χ1n) is 9.46. The Morgan fingerprint density at radius 3 is 2.71 bits per heavy atom. The molecule has 0 fully saturated rings. The normalized spacial score (nSPS) is 12.6. The smallest absolute Gasteiger partial charge is 0.287 e. The zero-order valence-electron chi connectivity index (χ0n) is 15.5. The number of pyridine rings is 1. The Kier molecular flexibility index (Phi) is 2.52. The summed E-state index contributed by atoms with van der Waals surface area (Å²) in [6, 6.07) is 17.8. The molecule has 7 aromatic rings. The maximum Gasteiger partial charge on any atom is 0.287 e. The molecule has 3 aromatic carbocycles. The molecule has 0 aliphatic heterocycles. The minimum atomic E-state index is 1.07. The first-order valence-corrected chi connectivity index (χ1v) is 10.3. The van der Waals surface area contributed by atoms with Crippen LogP contribution in [0.15, 0.2) is 60.2 Å². The molecule has 28 heavy (non-hydrogen) atoms. The van der Waals surface area contributed by atoms with Gasteiger partial charge in [0.1, 0.15) is 5.52 Å². The summed E-state index contributed by atoms with van der Waals surface area (Å²) in [6.07, 6.45) is 1.96. The van der Waals surface area contributed by atoms with Crippen molar-refractivity contribution >= 4 is 70.6 Å². The largest absolute Gasteiger partial charge is 0.307 e. The molecule has 0 N–H and O–H groups in total. The summed E-state index contributed by atoms with van der Waals surface area (Å²) >= 11 is 1.79. The summed E-state index contributed by atoms with van der Waals surface area (Å²) < 4.78 is 5.96. The van der Waals surface area contributed by atoms with Crippen molar-refractivity contribution in [3.63, 3.8) is 0 Å². The molecule has 0 aliphatic rings. The molecule has 3 nitrogen and oxygen atoms in total. The summed E-state index contributed by atoms with van der Waals surface area (Å²) in [4.78, 5) is 4.80. The molecule has 7 rings (SSSR count). The minimum absolute atomic E-state index is 1.07. The van der Waals surface area contributed by atoms with Gasteiger partial charge in [-0.1, -0.05) is 30.3 Å². The van der Waals surface area contributed by atoms with Gasteiger partial charge in [0.25, 0.3) is 6.33 Å². The lowest BCUT2D eigenvalue weighted by atomic mass is 10.0. The van der Waals surface area contributed by atoms with Gasteiger partial charge in [0.15, 0.2) is 5.52 Å². The molecule has 0 aliphatic carbocycles. The number of nitrogens with zero attached hydrogens (tertiary/aromatic N) is 3. The maximum absolute atomic E-state index is 4.80. The first-order chi connectivity index (χ1) is 13.7. The highest BCUT2D eigenvalue weighted by Gasteiger charge is 2.25. The fourth-order valence-corrected chi connectivity index (χ4v) is 5.84. The first kappa shape index (κ1) is 14.8. The van der Waals surface area contributed by atoms with Crippen LogP contribution in [0.25, 0.3) is 59.2 Å². The number of rotatable bonds is 0. The van der Waals surface area contributed by atoms with Crippen LogP contribution in [0.3, 0.4) is 0 Å². The molecule has 0 atom stereocenters. The number of aromatic nitrogens is 3. The van der Waals surface area contributed by atoms with E-state index in [0.29, 0.717) is 0 Å². The molecule has 0 spiro atoms. The van der Waals surface area contributed by atoms with Crippen molar-refractivity contribution in [2.45, 2.75) is 6.92 Å². The van der Waals surface area contributed by atoms with Gasteiger partial charge in [-0.2, -0.15) is 0 Å². The van der Waals surface area contributed by atoms with Gasteiger partial charge >= 0.3 is 0 Å². The van der Waals surface area contributed by atoms with E-state index in [0.717, 1.165) is 5.52 Å². The SMILES string of the molecule is Cc1ccc2c3ccccc3n3c2c1c1c2c(cc4sccc4c23)nc[n+]1C. The van der Waals surface area contributed by atoms with Crippen LogP contribution in [0.2, 0.25) is 0 Å². The number of benzene rings is 3. The molecular formula is C24H16N3S+. The van der Waals surface area contributed by atoms with E-state index in [2.05, 4.69) is 76.9 Å². The zero-order valence-corrected chi connectivity index (χ0v) is 16.3. The predicted molar refractivity (Wildman–Crippen MR) is 118 cm³/mol. The standard InChI is InChI=1S/C24H16N3S/c1-13-7-8-15-14-5-3-4-6-18(14)27-22(15)20(13)24-21-17(25-12-26(24)2)11-19-16(23(21)27)9-10-28-19/h3-12H,1-2H3/q+1. The van der Waals surface area contributed by atoms with E-state index < -0.39 is 0 Å². The second-order valence-corrected chi connectivity index (χ2v) is 8.61. The van der Waals surface area contributed by atoms with Gasteiger partial charge in [-0.3, -0.25) is 0 Å². The van der Waals surface area contributed by atoms with Gasteiger partial charge in [0.2, 0.25) is 0 Å². The van der Waals surface area contributed by atoms with Crippen LogP contribution in [0.1, 0.15) is 5.56 Å². The van der Waals surface area contributed by atoms with Crippen molar-refractivity contribution in [1.82, 2.24) is 9.38 Å². The van der Waals surface area contributed by atoms with Crippen LogP contribution >= 0.6 is 11.3 Å². The molecular weight excluding hydrogens is 362 g/mol. The van der Waals surface area contributed by atoms with Crippen molar-refractivity contribution < 1.29 is 4.57 Å². The highest BCUT2D eigenvalue weighted by Crippen LogP contribution is 2.43. The summed E-state index contributed by atoms with van der Waals surface area (Å²) in [6.45, 7) is 2.22. The number of thiophene rings is 1. The van der Waals surface area contributed by atoms with Gasteiger partial charge in [-0.25, -0.2) is 4.57 Å². The summed E-state index contributed by atoms with van der Waals surface area (Å²) in [5.74, 6) is 0. The maximum atomic E-state index is 4.80. The van der Waals surface area contributed by atoms with E-state index in [1.165, 1.54) is 59.3 Å². The van der Waals surface area contributed by atoms with Crippen molar-refractivity contribution in [2.75, 3.05) is 0 Å². The van der Waals surface area contributed by atoms with Crippen LogP contribution in [-0.2, 0) is 7.05 Å². The molecule has 0 amide bonds. The van der Waals surface area contributed by atoms with E-state index in [9.17, 15) is 0 Å². The van der Waals surface area contributed by atoms with Crippen LogP contribution < -0.4 is 4.57 Å². The van der Waals surface area contributed by atoms with Gasteiger partial charge in [-0.15, -0.1) is 11.3 Å². The lowest BCUT2D eigenvalue weighted by Gasteiger charge is -2.13. The van der Waals surface area contributed by atoms with E-state index in [-0.39, 0.29) is 0 Å². The Labute approximate surface area is 164 Å². The zero-order chi connectivity index (χ0) is 18.6. The number of hydrogen-bond donors (Lipinski definition) is 0. The molecule has 0 saturated heterocycles. The highest BCUT2D eigenvalue weighted by molar-refractivity contribution is 7.17. The number of hydrogen-bond acceptors (Lipinski definition) is 2. The average molecular weight is 378 g/mol. The van der Waals surface area contributed by atoms with Crippen LogP contribution in [-0.4, -0.2) is 9.38 Å². The summed E-state index contributed by atoms with van der Waals surface area (Å²) in [7, 11) is 2.11. The van der Waals surface area contributed by atoms with Gasteiger partial charge in [0, 0.05) is 32.3 Å². The van der Waals surface area contributed by atoms with Crippen LogP contribution in [0, 0.1) is 6.92 Å². The molecule has 0 radical (unpaired) electrons. The van der Waals surface area contributed by atoms with E-state index in [4.69, 9.17) is 4.98 Å². The lowest BCUT2D eigenvalue weighted by molar-refractivity contribution is -0.646. The third-order valence-electron chi connectivity index (χ3n) is 6.18. The molecule has 132 valence electrons. The lowest BCUT2D eigenvalue weighted by Crippen LogP contribution is -2.30. The topological polar surface area (TPSA) is 21.2 Å². The molecule has 0 unspecified atom stereocenters. The summed E-state index contributed by atoms with van der Waals surface area (Å²) in [5, 5.41) is 8.70. The molecule has 4 aromatic heterocycles. The molecule has 0 saturated carbocycles. The van der Waals surface area contributed by atoms with Crippen LogP contribution in [0.5, 0.6) is 0 Å². The van der Waals surface area contributed by atoms with Gasteiger partial charge in [0.05, 0.1) is 29.0 Å². The Morgan fingerprint density at radius 2 is 1.79 bits per heavy atom. The van der Waals surface area contributed by atoms with E-state index in [1.54, 1.807) is 11.3 Å². The number of aryl methyl sites for hydroxylation is 2. The van der Waals surface area contributed by atoms with Gasteiger partial charge in [-0.05, 0) is 35.0 Å². The van der Waals surface area contributed by atoms with Crippen molar-refractivity contribution in [2.24, 2.45) is 7.05 Å². The van der Waals surface area contributed by atoms with Crippen molar-refractivity contribution in [3.05, 3.63) is 65.8 Å². The second-order valence-electron chi connectivity index (χ2n) is 7.66. The fraction of sp³-hybridized carbons (Fsp3) is 0.0833. The second kappa shape index (κ2) is 4.78. The Bertz CT molecular complexity index is 1730.